The molecule has 1 N–H and O–H groups in total. The van der Waals surface area contributed by atoms with Crippen molar-refractivity contribution in [2.75, 3.05) is 56.3 Å². The number of ether oxygens (including phenoxy) is 4. The highest BCUT2D eigenvalue weighted by Gasteiger charge is 2.19. The van der Waals surface area contributed by atoms with Crippen LogP contribution in [0.5, 0.6) is 5.88 Å². The normalized spacial score (nSPS) is 18.5. The lowest BCUT2D eigenvalue weighted by Gasteiger charge is -2.28. The standard InChI is InChI=1S/C32H37N3O5/c1-22-5-10-27(33-32(36)25-9-7-23-6-8-24(23)18-25)21-28(22)26-19-29(35-11-14-37-15-12-35)34-30(20-26)38-16-17-40-31-4-2-3-13-39-31/h5,7,9-10,18-21,31H,2-4,6,8,11-17H2,1H3,(H,33,36). The highest BCUT2D eigenvalue weighted by molar-refractivity contribution is 6.04. The average molecular weight is 544 g/mol. The number of rotatable bonds is 9. The molecular formula is C32H37N3O5. The smallest absolute Gasteiger partial charge is 0.255 e. The Morgan fingerprint density at radius 3 is 2.65 bits per heavy atom. The summed E-state index contributed by atoms with van der Waals surface area (Å²) in [4.78, 5) is 20.1. The molecular weight excluding hydrogens is 506 g/mol. The van der Waals surface area contributed by atoms with Gasteiger partial charge in [0.15, 0.2) is 6.29 Å². The molecule has 2 aliphatic heterocycles. The van der Waals surface area contributed by atoms with E-state index in [2.05, 4.69) is 29.3 Å². The first-order chi connectivity index (χ1) is 19.6. The van der Waals surface area contributed by atoms with E-state index in [-0.39, 0.29) is 12.2 Å². The molecule has 3 heterocycles. The van der Waals surface area contributed by atoms with Gasteiger partial charge in [-0.15, -0.1) is 0 Å². The molecule has 0 spiro atoms. The fourth-order valence-corrected chi connectivity index (χ4v) is 5.39. The number of morpholine rings is 1. The van der Waals surface area contributed by atoms with Crippen LogP contribution in [0.1, 0.15) is 46.3 Å². The van der Waals surface area contributed by atoms with E-state index >= 15 is 0 Å². The molecule has 0 radical (unpaired) electrons. The van der Waals surface area contributed by atoms with Crippen molar-refractivity contribution in [3.8, 4) is 17.0 Å². The second-order valence-electron chi connectivity index (χ2n) is 10.6. The minimum atomic E-state index is -0.145. The van der Waals surface area contributed by atoms with Crippen LogP contribution in [0.4, 0.5) is 11.5 Å². The van der Waals surface area contributed by atoms with Crippen LogP contribution in [-0.4, -0.2) is 63.3 Å². The summed E-state index contributed by atoms with van der Waals surface area (Å²) in [5.74, 6) is 1.30. The minimum Gasteiger partial charge on any atom is -0.475 e. The van der Waals surface area contributed by atoms with Gasteiger partial charge < -0.3 is 29.2 Å². The first-order valence-corrected chi connectivity index (χ1v) is 14.4. The van der Waals surface area contributed by atoms with Gasteiger partial charge in [0.1, 0.15) is 12.4 Å². The molecule has 2 aromatic carbocycles. The van der Waals surface area contributed by atoms with Gasteiger partial charge in [-0.3, -0.25) is 4.79 Å². The Morgan fingerprint density at radius 2 is 1.88 bits per heavy atom. The molecule has 40 heavy (non-hydrogen) atoms. The highest BCUT2D eigenvalue weighted by Crippen LogP contribution is 2.32. The van der Waals surface area contributed by atoms with E-state index < -0.39 is 0 Å². The second-order valence-corrected chi connectivity index (χ2v) is 10.6. The number of carbonyl (C=O) groups is 1. The predicted molar refractivity (Wildman–Crippen MR) is 154 cm³/mol. The molecule has 1 amide bonds. The highest BCUT2D eigenvalue weighted by atomic mass is 16.7. The number of fused-ring (bicyclic) bond motifs is 1. The summed E-state index contributed by atoms with van der Waals surface area (Å²) in [6.45, 7) is 6.53. The number of benzene rings is 2. The number of nitrogens with one attached hydrogen (secondary N) is 1. The van der Waals surface area contributed by atoms with Crippen LogP contribution < -0.4 is 15.0 Å². The number of hydrogen-bond donors (Lipinski definition) is 1. The van der Waals surface area contributed by atoms with E-state index in [1.807, 2.05) is 36.4 Å². The van der Waals surface area contributed by atoms with Crippen molar-refractivity contribution >= 4 is 17.4 Å². The molecule has 8 heteroatoms. The summed E-state index contributed by atoms with van der Waals surface area (Å²) in [6.07, 6.45) is 5.15. The van der Waals surface area contributed by atoms with Gasteiger partial charge in [0.25, 0.3) is 5.91 Å². The van der Waals surface area contributed by atoms with Crippen molar-refractivity contribution in [3.63, 3.8) is 0 Å². The zero-order valence-corrected chi connectivity index (χ0v) is 23.1. The second kappa shape index (κ2) is 12.4. The van der Waals surface area contributed by atoms with Gasteiger partial charge in [0, 0.05) is 37.0 Å². The van der Waals surface area contributed by atoms with Gasteiger partial charge >= 0.3 is 0 Å². The Kier molecular flexibility index (Phi) is 8.27. The molecule has 2 saturated heterocycles. The number of anilines is 2. The first kappa shape index (κ1) is 26.7. The number of pyridine rings is 1. The maximum absolute atomic E-state index is 13.0. The Bertz CT molecular complexity index is 1350. The van der Waals surface area contributed by atoms with E-state index in [4.69, 9.17) is 23.9 Å². The number of carbonyl (C=O) groups excluding carboxylic acids is 1. The summed E-state index contributed by atoms with van der Waals surface area (Å²) < 4.78 is 23.2. The molecule has 1 aliphatic carbocycles. The van der Waals surface area contributed by atoms with Crippen molar-refractivity contribution < 1.29 is 23.7 Å². The molecule has 3 aliphatic rings. The Hall–Kier alpha value is -3.46. The van der Waals surface area contributed by atoms with Gasteiger partial charge in [0.05, 0.1) is 19.8 Å². The van der Waals surface area contributed by atoms with E-state index in [1.54, 1.807) is 0 Å². The molecule has 3 aromatic rings. The summed E-state index contributed by atoms with van der Waals surface area (Å²) in [7, 11) is 0. The van der Waals surface area contributed by atoms with Crippen molar-refractivity contribution in [1.82, 2.24) is 4.98 Å². The van der Waals surface area contributed by atoms with Crippen LogP contribution in [0.2, 0.25) is 0 Å². The number of nitrogens with zero attached hydrogens (tertiary/aromatic N) is 2. The zero-order chi connectivity index (χ0) is 27.3. The van der Waals surface area contributed by atoms with Crippen LogP contribution in [-0.2, 0) is 27.1 Å². The fraction of sp³-hybridized carbons (Fsp3) is 0.438. The van der Waals surface area contributed by atoms with Crippen LogP contribution in [0.15, 0.2) is 48.5 Å². The maximum atomic E-state index is 13.0. The molecule has 210 valence electrons. The van der Waals surface area contributed by atoms with Crippen molar-refractivity contribution in [3.05, 3.63) is 70.8 Å². The minimum absolute atomic E-state index is 0.0980. The van der Waals surface area contributed by atoms with E-state index in [0.717, 1.165) is 80.0 Å². The van der Waals surface area contributed by atoms with Crippen LogP contribution in [0.25, 0.3) is 11.1 Å². The Labute approximate surface area is 235 Å². The van der Waals surface area contributed by atoms with Crippen LogP contribution >= 0.6 is 0 Å². The molecule has 2 fully saturated rings. The molecule has 0 saturated carbocycles. The quantitative estimate of drug-likeness (QED) is 0.373. The average Bonchev–Trinajstić information content (AvgIpc) is 2.98. The van der Waals surface area contributed by atoms with E-state index in [1.165, 1.54) is 11.1 Å². The largest absolute Gasteiger partial charge is 0.475 e. The fourth-order valence-electron chi connectivity index (χ4n) is 5.39. The third-order valence-electron chi connectivity index (χ3n) is 7.84. The van der Waals surface area contributed by atoms with Crippen molar-refractivity contribution in [2.45, 2.75) is 45.3 Å². The summed E-state index contributed by atoms with van der Waals surface area (Å²) in [6, 6.07) is 16.1. The third kappa shape index (κ3) is 6.30. The number of hydrogen-bond acceptors (Lipinski definition) is 7. The van der Waals surface area contributed by atoms with Crippen LogP contribution in [0.3, 0.4) is 0 Å². The lowest BCUT2D eigenvalue weighted by Crippen LogP contribution is -2.36. The monoisotopic (exact) mass is 543 g/mol. The number of aryl methyl sites for hydroxylation is 3. The zero-order valence-electron chi connectivity index (χ0n) is 23.1. The first-order valence-electron chi connectivity index (χ1n) is 14.4. The van der Waals surface area contributed by atoms with Gasteiger partial charge in [-0.05, 0) is 97.2 Å². The Balaban J connectivity index is 1.21. The van der Waals surface area contributed by atoms with Gasteiger partial charge in [-0.1, -0.05) is 12.1 Å². The Morgan fingerprint density at radius 1 is 1.00 bits per heavy atom. The summed E-state index contributed by atoms with van der Waals surface area (Å²) >= 11 is 0. The molecule has 1 aromatic heterocycles. The van der Waals surface area contributed by atoms with Crippen LogP contribution in [0, 0.1) is 6.92 Å². The van der Waals surface area contributed by atoms with E-state index in [0.29, 0.717) is 37.9 Å². The third-order valence-corrected chi connectivity index (χ3v) is 7.84. The van der Waals surface area contributed by atoms with Crippen molar-refractivity contribution in [2.24, 2.45) is 0 Å². The van der Waals surface area contributed by atoms with E-state index in [9.17, 15) is 4.79 Å². The predicted octanol–water partition coefficient (Wildman–Crippen LogP) is 5.17. The molecule has 0 bridgehead atoms. The summed E-state index contributed by atoms with van der Waals surface area (Å²) in [5.41, 5.74) is 7.16. The number of aromatic nitrogens is 1. The molecule has 6 rings (SSSR count). The lowest BCUT2D eigenvalue weighted by atomic mass is 9.87. The lowest BCUT2D eigenvalue weighted by molar-refractivity contribution is -0.165. The van der Waals surface area contributed by atoms with Gasteiger partial charge in [-0.25, -0.2) is 0 Å². The molecule has 8 nitrogen and oxygen atoms in total. The molecule has 1 atom stereocenters. The number of amides is 1. The van der Waals surface area contributed by atoms with Gasteiger partial charge in [-0.2, -0.15) is 4.98 Å². The van der Waals surface area contributed by atoms with Crippen molar-refractivity contribution in [1.29, 1.82) is 0 Å². The topological polar surface area (TPSA) is 82.2 Å². The SMILES string of the molecule is Cc1ccc(NC(=O)c2ccc3c(c2)CC3)cc1-c1cc(OCCOC2CCCCO2)nc(N2CCOCC2)c1. The van der Waals surface area contributed by atoms with Gasteiger partial charge in [0.2, 0.25) is 5.88 Å². The maximum Gasteiger partial charge on any atom is 0.255 e. The molecule has 1 unspecified atom stereocenters. The summed E-state index contributed by atoms with van der Waals surface area (Å²) in [5, 5.41) is 3.09.